The monoisotopic (exact) mass is 661 g/mol. The summed E-state index contributed by atoms with van der Waals surface area (Å²) < 4.78 is 93.8. The number of piperidine rings is 1. The molecule has 1 amide bonds. The lowest BCUT2D eigenvalue weighted by Gasteiger charge is -2.32. The van der Waals surface area contributed by atoms with Crippen LogP contribution in [0.15, 0.2) is 42.6 Å². The van der Waals surface area contributed by atoms with Crippen molar-refractivity contribution in [2.45, 2.75) is 51.8 Å². The number of amides is 1. The number of carbonyl (C=O) groups excluding carboxylic acids is 1. The summed E-state index contributed by atoms with van der Waals surface area (Å²) in [6, 6.07) is 7.43. The number of alkyl halides is 6. The van der Waals surface area contributed by atoms with Gasteiger partial charge in [0.25, 0.3) is 5.91 Å². The van der Waals surface area contributed by atoms with E-state index in [-0.39, 0.29) is 17.7 Å². The first kappa shape index (κ1) is 33.9. The Bertz CT molecular complexity index is 1440. The summed E-state index contributed by atoms with van der Waals surface area (Å²) in [4.78, 5) is 22.4. The summed E-state index contributed by atoms with van der Waals surface area (Å²) in [6.45, 7) is 6.43. The Labute approximate surface area is 259 Å². The molecule has 1 aromatic heterocycles. The highest BCUT2D eigenvalue weighted by atomic mass is 35.5. The molecule has 0 radical (unpaired) electrons. The number of hydrogen-bond donors (Lipinski definition) is 2. The van der Waals surface area contributed by atoms with Crippen LogP contribution in [0.5, 0.6) is 17.2 Å². The molecule has 1 aliphatic rings. The van der Waals surface area contributed by atoms with Crippen LogP contribution in [0.4, 0.5) is 38.0 Å². The summed E-state index contributed by atoms with van der Waals surface area (Å²) in [5.74, 6) is -0.975. The van der Waals surface area contributed by atoms with E-state index >= 15 is 0 Å². The van der Waals surface area contributed by atoms with Gasteiger partial charge >= 0.3 is 12.5 Å². The van der Waals surface area contributed by atoms with Gasteiger partial charge in [0, 0.05) is 37.6 Å². The maximum Gasteiger partial charge on any atom is 0.573 e. The van der Waals surface area contributed by atoms with Gasteiger partial charge in [-0.2, -0.15) is 13.2 Å². The maximum absolute atomic E-state index is 13.9. The number of aromatic nitrogens is 2. The van der Waals surface area contributed by atoms with Crippen LogP contribution in [-0.2, 0) is 12.7 Å². The normalized spacial score (nSPS) is 14.6. The summed E-state index contributed by atoms with van der Waals surface area (Å²) in [5, 5.41) is 5.54. The first-order chi connectivity index (χ1) is 21.3. The molecule has 0 bridgehead atoms. The van der Waals surface area contributed by atoms with E-state index in [1.807, 2.05) is 26.0 Å². The molecule has 1 aliphatic heterocycles. The van der Waals surface area contributed by atoms with Crippen LogP contribution >= 0.6 is 11.6 Å². The molecule has 9 nitrogen and oxygen atoms in total. The fourth-order valence-electron chi connectivity index (χ4n) is 4.69. The lowest BCUT2D eigenvalue weighted by atomic mass is 10.0. The first-order valence-corrected chi connectivity index (χ1v) is 14.3. The quantitative estimate of drug-likeness (QED) is 0.209. The summed E-state index contributed by atoms with van der Waals surface area (Å²) in [6.07, 6.45) is -7.97. The number of anilines is 2. The second kappa shape index (κ2) is 14.4. The number of rotatable bonds is 11. The highest BCUT2D eigenvalue weighted by Crippen LogP contribution is 2.37. The fraction of sp³-hybridized carbons (Fsp3) is 0.414. The van der Waals surface area contributed by atoms with Gasteiger partial charge in [0.1, 0.15) is 22.3 Å². The van der Waals surface area contributed by atoms with E-state index in [2.05, 4.69) is 30.2 Å². The smallest absolute Gasteiger partial charge is 0.492 e. The highest BCUT2D eigenvalue weighted by Gasteiger charge is 2.38. The van der Waals surface area contributed by atoms with Crippen molar-refractivity contribution in [2.24, 2.45) is 0 Å². The van der Waals surface area contributed by atoms with E-state index in [1.54, 1.807) is 0 Å². The molecule has 0 aliphatic carbocycles. The van der Waals surface area contributed by atoms with E-state index in [1.165, 1.54) is 0 Å². The van der Waals surface area contributed by atoms with E-state index in [9.17, 15) is 31.1 Å². The Morgan fingerprint density at radius 1 is 1.00 bits per heavy atom. The van der Waals surface area contributed by atoms with Crippen LogP contribution in [0, 0.1) is 0 Å². The Morgan fingerprint density at radius 2 is 1.60 bits per heavy atom. The number of nitrogens with one attached hydrogen (secondary N) is 2. The summed E-state index contributed by atoms with van der Waals surface area (Å²) in [5.41, 5.74) is -1.42. The lowest BCUT2D eigenvalue weighted by molar-refractivity contribution is -0.274. The molecule has 0 unspecified atom stereocenters. The standard InChI is InChI=1S/C29H30ClF6N5O4/c1-3-43-22-13-17(14-23(24(22)30)44-4-2)16-41-11-9-19(10-12-41)39-27-37-15-21(25(40-27)28(31,32)33)26(42)38-18-5-7-20(8-6-18)45-29(34,35)36/h5-8,13-15,19H,3-4,9-12,16H2,1-2H3,(H,38,42)(H,37,39,40). The molecule has 0 atom stereocenters. The van der Waals surface area contributed by atoms with Gasteiger partial charge in [0.2, 0.25) is 5.95 Å². The van der Waals surface area contributed by atoms with Crippen molar-refractivity contribution in [1.29, 1.82) is 0 Å². The Balaban J connectivity index is 1.38. The third kappa shape index (κ3) is 9.50. The Morgan fingerprint density at radius 3 is 2.13 bits per heavy atom. The average Bonchev–Trinajstić information content (AvgIpc) is 2.96. The van der Waals surface area contributed by atoms with Crippen LogP contribution in [0.2, 0.25) is 5.02 Å². The number of halogens is 7. The minimum absolute atomic E-state index is 0.0570. The number of nitrogens with zero attached hydrogens (tertiary/aromatic N) is 3. The van der Waals surface area contributed by atoms with Crippen LogP contribution in [-0.4, -0.2) is 59.5 Å². The van der Waals surface area contributed by atoms with Crippen molar-refractivity contribution in [3.8, 4) is 17.2 Å². The first-order valence-electron chi connectivity index (χ1n) is 13.9. The molecular weight excluding hydrogens is 632 g/mol. The van der Waals surface area contributed by atoms with E-state index in [0.29, 0.717) is 62.2 Å². The number of likely N-dealkylation sites (tertiary alicyclic amines) is 1. The molecule has 2 N–H and O–H groups in total. The zero-order valence-electron chi connectivity index (χ0n) is 24.2. The van der Waals surface area contributed by atoms with Crippen LogP contribution in [0.25, 0.3) is 0 Å². The molecule has 2 heterocycles. The predicted molar refractivity (Wildman–Crippen MR) is 154 cm³/mol. The van der Waals surface area contributed by atoms with Gasteiger partial charge in [-0.1, -0.05) is 11.6 Å². The molecular formula is C29H30ClF6N5O4. The third-order valence-electron chi connectivity index (χ3n) is 6.64. The van der Waals surface area contributed by atoms with Gasteiger partial charge in [-0.15, -0.1) is 13.2 Å². The predicted octanol–water partition coefficient (Wildman–Crippen LogP) is 7.17. The molecule has 3 aromatic rings. The zero-order valence-corrected chi connectivity index (χ0v) is 24.9. The van der Waals surface area contributed by atoms with Crippen LogP contribution < -0.4 is 24.8 Å². The van der Waals surface area contributed by atoms with E-state index in [0.717, 1.165) is 36.0 Å². The van der Waals surface area contributed by atoms with Gasteiger partial charge in [0.15, 0.2) is 5.69 Å². The molecule has 16 heteroatoms. The minimum atomic E-state index is -4.99. The SMILES string of the molecule is CCOc1cc(CN2CCC(Nc3ncc(C(=O)Nc4ccc(OC(F)(F)F)cc4)c(C(F)(F)F)n3)CC2)cc(OCC)c1Cl. The van der Waals surface area contributed by atoms with Crippen molar-refractivity contribution >= 4 is 29.1 Å². The zero-order chi connectivity index (χ0) is 32.8. The number of hydrogen-bond acceptors (Lipinski definition) is 8. The largest absolute Gasteiger partial charge is 0.573 e. The summed E-state index contributed by atoms with van der Waals surface area (Å²) >= 11 is 6.39. The van der Waals surface area contributed by atoms with Gasteiger partial charge in [0.05, 0.1) is 18.8 Å². The molecule has 2 aromatic carbocycles. The molecule has 0 saturated carbocycles. The van der Waals surface area contributed by atoms with Gasteiger partial charge in [-0.05, 0) is 68.7 Å². The average molecular weight is 662 g/mol. The van der Waals surface area contributed by atoms with Crippen molar-refractivity contribution in [1.82, 2.24) is 14.9 Å². The van der Waals surface area contributed by atoms with E-state index in [4.69, 9.17) is 21.1 Å². The molecule has 4 rings (SSSR count). The number of carbonyl (C=O) groups is 1. The molecule has 1 fully saturated rings. The number of ether oxygens (including phenoxy) is 3. The maximum atomic E-state index is 13.9. The second-order valence-corrected chi connectivity index (χ2v) is 10.3. The highest BCUT2D eigenvalue weighted by molar-refractivity contribution is 6.33. The van der Waals surface area contributed by atoms with Crippen molar-refractivity contribution < 1.29 is 45.3 Å². The number of benzene rings is 2. The van der Waals surface area contributed by atoms with Gasteiger partial charge < -0.3 is 24.8 Å². The van der Waals surface area contributed by atoms with Crippen molar-refractivity contribution in [2.75, 3.05) is 36.9 Å². The Hall–Kier alpha value is -3.98. The molecule has 0 spiro atoms. The third-order valence-corrected chi connectivity index (χ3v) is 7.01. The second-order valence-electron chi connectivity index (χ2n) is 9.95. The van der Waals surface area contributed by atoms with Gasteiger partial charge in [-0.3, -0.25) is 9.69 Å². The molecule has 45 heavy (non-hydrogen) atoms. The summed E-state index contributed by atoms with van der Waals surface area (Å²) in [7, 11) is 0. The van der Waals surface area contributed by atoms with Crippen LogP contribution in [0.1, 0.15) is 48.3 Å². The fourth-order valence-corrected chi connectivity index (χ4v) is 4.91. The van der Waals surface area contributed by atoms with Crippen molar-refractivity contribution in [3.05, 3.63) is 64.4 Å². The van der Waals surface area contributed by atoms with E-state index < -0.39 is 35.5 Å². The minimum Gasteiger partial charge on any atom is -0.492 e. The van der Waals surface area contributed by atoms with Crippen molar-refractivity contribution in [3.63, 3.8) is 0 Å². The Kier molecular flexibility index (Phi) is 10.9. The topological polar surface area (TPSA) is 97.8 Å². The molecule has 244 valence electrons. The van der Waals surface area contributed by atoms with Crippen LogP contribution in [0.3, 0.4) is 0 Å². The molecule has 1 saturated heterocycles. The van der Waals surface area contributed by atoms with Gasteiger partial charge in [-0.25, -0.2) is 9.97 Å². The lowest BCUT2D eigenvalue weighted by Crippen LogP contribution is -2.39.